The summed E-state index contributed by atoms with van der Waals surface area (Å²) >= 11 is 6.51. The van der Waals surface area contributed by atoms with Crippen molar-refractivity contribution in [2.45, 2.75) is 46.8 Å². The highest BCUT2D eigenvalue weighted by molar-refractivity contribution is 6.33. The van der Waals surface area contributed by atoms with E-state index in [1.807, 2.05) is 37.5 Å². The molecule has 5 nitrogen and oxygen atoms in total. The molecule has 0 fully saturated rings. The molecule has 3 rings (SSSR count). The topological polar surface area (TPSA) is 49.0 Å². The largest absolute Gasteiger partial charge is 0.490 e. The molecule has 0 aliphatic carbocycles. The first-order chi connectivity index (χ1) is 13.4. The third-order valence-electron chi connectivity index (χ3n) is 4.79. The molecule has 0 aliphatic heterocycles. The Labute approximate surface area is 170 Å². The molecule has 0 unspecified atom stereocenters. The zero-order valence-corrected chi connectivity index (χ0v) is 17.5. The first-order valence-electron chi connectivity index (χ1n) is 9.61. The molecule has 0 N–H and O–H groups in total. The molecule has 6 heteroatoms. The first-order valence-corrected chi connectivity index (χ1v) is 9.99. The lowest BCUT2D eigenvalue weighted by Gasteiger charge is -2.18. The number of hydrogen-bond acceptors (Lipinski definition) is 3. The molecule has 148 valence electrons. The quantitative estimate of drug-likeness (QED) is 0.549. The monoisotopic (exact) mass is 399 g/mol. The molecule has 2 aromatic heterocycles. The molecular weight excluding hydrogens is 374 g/mol. The van der Waals surface area contributed by atoms with Crippen LogP contribution in [0.5, 0.6) is 5.75 Å². The van der Waals surface area contributed by atoms with Crippen molar-refractivity contribution in [3.05, 3.63) is 64.3 Å². The fourth-order valence-corrected chi connectivity index (χ4v) is 3.11. The van der Waals surface area contributed by atoms with E-state index in [4.69, 9.17) is 16.3 Å². The van der Waals surface area contributed by atoms with Crippen LogP contribution in [0.2, 0.25) is 5.02 Å². The lowest BCUT2D eigenvalue weighted by Crippen LogP contribution is -2.19. The number of aryl methyl sites for hydroxylation is 1. The van der Waals surface area contributed by atoms with Crippen molar-refractivity contribution in [2.24, 2.45) is 5.92 Å². The molecule has 0 radical (unpaired) electrons. The molecule has 0 amide bonds. The van der Waals surface area contributed by atoms with Crippen molar-refractivity contribution in [3.8, 4) is 22.6 Å². The van der Waals surface area contributed by atoms with Crippen molar-refractivity contribution in [1.82, 2.24) is 14.3 Å². The van der Waals surface area contributed by atoms with E-state index in [-0.39, 0.29) is 11.7 Å². The van der Waals surface area contributed by atoms with Crippen LogP contribution in [0.3, 0.4) is 0 Å². The molecule has 0 saturated heterocycles. The number of pyridine rings is 1. The number of hydrogen-bond donors (Lipinski definition) is 0. The van der Waals surface area contributed by atoms with Crippen LogP contribution in [0.15, 0.2) is 53.7 Å². The molecule has 0 aliphatic rings. The van der Waals surface area contributed by atoms with Gasteiger partial charge in [0.1, 0.15) is 5.75 Å². The van der Waals surface area contributed by atoms with Gasteiger partial charge in [0.2, 0.25) is 0 Å². The summed E-state index contributed by atoms with van der Waals surface area (Å²) in [6, 6.07) is 9.07. The summed E-state index contributed by atoms with van der Waals surface area (Å²) in [5.41, 5.74) is 2.62. The highest BCUT2D eigenvalue weighted by atomic mass is 35.5. The Bertz CT molecular complexity index is 1010. The normalized spacial score (nSPS) is 12.4. The molecule has 3 aromatic rings. The van der Waals surface area contributed by atoms with Crippen LogP contribution in [-0.4, -0.2) is 20.5 Å². The summed E-state index contributed by atoms with van der Waals surface area (Å²) in [6.45, 7) is 9.02. The van der Waals surface area contributed by atoms with Crippen molar-refractivity contribution >= 4 is 11.6 Å². The van der Waals surface area contributed by atoms with Gasteiger partial charge in [-0.2, -0.15) is 5.10 Å². The van der Waals surface area contributed by atoms with Gasteiger partial charge in [-0.15, -0.1) is 0 Å². The molecule has 2 heterocycles. The minimum atomic E-state index is -0.00719. The van der Waals surface area contributed by atoms with Crippen LogP contribution in [0.1, 0.15) is 34.1 Å². The summed E-state index contributed by atoms with van der Waals surface area (Å²) in [5, 5.41) is 5.06. The van der Waals surface area contributed by atoms with E-state index in [0.29, 0.717) is 17.5 Å². The van der Waals surface area contributed by atoms with Crippen molar-refractivity contribution in [3.63, 3.8) is 0 Å². The molecule has 1 aromatic carbocycles. The molecule has 0 saturated carbocycles. The Kier molecular flexibility index (Phi) is 6.25. The maximum Gasteiger partial charge on any atom is 0.250 e. The number of nitrogens with zero attached hydrogens (tertiary/aromatic N) is 3. The van der Waals surface area contributed by atoms with Gasteiger partial charge in [0, 0.05) is 36.1 Å². The Morgan fingerprint density at radius 3 is 2.61 bits per heavy atom. The van der Waals surface area contributed by atoms with E-state index in [1.165, 1.54) is 0 Å². The Hall–Kier alpha value is -2.53. The van der Waals surface area contributed by atoms with Gasteiger partial charge in [0.25, 0.3) is 5.56 Å². The summed E-state index contributed by atoms with van der Waals surface area (Å²) in [4.78, 5) is 11.9. The third kappa shape index (κ3) is 4.47. The van der Waals surface area contributed by atoms with Gasteiger partial charge in [-0.3, -0.25) is 4.79 Å². The van der Waals surface area contributed by atoms with Gasteiger partial charge >= 0.3 is 0 Å². The van der Waals surface area contributed by atoms with E-state index < -0.39 is 0 Å². The lowest BCUT2D eigenvalue weighted by molar-refractivity contribution is 0.170. The fourth-order valence-electron chi connectivity index (χ4n) is 2.83. The number of ether oxygens (including phenoxy) is 1. The Morgan fingerprint density at radius 1 is 1.14 bits per heavy atom. The summed E-state index contributed by atoms with van der Waals surface area (Å²) in [7, 11) is 0. The average molecular weight is 400 g/mol. The zero-order chi connectivity index (χ0) is 20.3. The standard InChI is InChI=1S/C22H26ClN3O2/c1-5-10-25-14-18(6-9-22(25)27)26-13-17(12-24-26)20-8-7-19(11-21(20)23)28-16(4)15(2)3/h6-9,11-16H,5,10H2,1-4H3/t16-/m0/s1. The minimum absolute atomic E-state index is 0.00719. The lowest BCUT2D eigenvalue weighted by atomic mass is 10.1. The Balaban J connectivity index is 1.86. The van der Waals surface area contributed by atoms with Gasteiger partial charge in [-0.25, -0.2) is 4.68 Å². The highest BCUT2D eigenvalue weighted by Gasteiger charge is 2.12. The van der Waals surface area contributed by atoms with Gasteiger partial charge in [0.05, 0.1) is 23.0 Å². The second kappa shape index (κ2) is 8.65. The fraction of sp³-hybridized carbons (Fsp3) is 0.364. The number of rotatable bonds is 7. The molecule has 0 spiro atoms. The van der Waals surface area contributed by atoms with Gasteiger partial charge in [-0.05, 0) is 43.5 Å². The molecule has 0 bridgehead atoms. The smallest absolute Gasteiger partial charge is 0.250 e. The predicted octanol–water partition coefficient (Wildman–Crippen LogP) is 5.19. The third-order valence-corrected chi connectivity index (χ3v) is 5.10. The number of halogens is 1. The second-order valence-corrected chi connectivity index (χ2v) is 7.71. The van der Waals surface area contributed by atoms with Crippen LogP contribution >= 0.6 is 11.6 Å². The summed E-state index contributed by atoms with van der Waals surface area (Å²) in [6.07, 6.45) is 6.52. The molecule has 28 heavy (non-hydrogen) atoms. The van der Waals surface area contributed by atoms with Crippen molar-refractivity contribution < 1.29 is 4.74 Å². The SMILES string of the molecule is CCCn1cc(-n2cc(-c3ccc(O[C@@H](C)C(C)C)cc3Cl)cn2)ccc1=O. The Morgan fingerprint density at radius 2 is 1.93 bits per heavy atom. The van der Waals surface area contributed by atoms with Crippen molar-refractivity contribution in [1.29, 1.82) is 0 Å². The maximum atomic E-state index is 11.9. The zero-order valence-electron chi connectivity index (χ0n) is 16.7. The maximum absolute atomic E-state index is 11.9. The highest BCUT2D eigenvalue weighted by Crippen LogP contribution is 2.32. The van der Waals surface area contributed by atoms with Crippen molar-refractivity contribution in [2.75, 3.05) is 0 Å². The summed E-state index contributed by atoms with van der Waals surface area (Å²) in [5.74, 6) is 1.18. The van der Waals surface area contributed by atoms with E-state index in [9.17, 15) is 4.79 Å². The van der Waals surface area contributed by atoms with E-state index in [0.717, 1.165) is 29.0 Å². The van der Waals surface area contributed by atoms with Crippen LogP contribution in [0.25, 0.3) is 16.8 Å². The van der Waals surface area contributed by atoms with Crippen LogP contribution in [0, 0.1) is 5.92 Å². The van der Waals surface area contributed by atoms with Gasteiger partial charge < -0.3 is 9.30 Å². The van der Waals surface area contributed by atoms with Crippen LogP contribution in [0.4, 0.5) is 0 Å². The number of aromatic nitrogens is 3. The van der Waals surface area contributed by atoms with Crippen LogP contribution in [-0.2, 0) is 6.54 Å². The van der Waals surface area contributed by atoms with E-state index in [1.54, 1.807) is 27.6 Å². The predicted molar refractivity (Wildman–Crippen MR) is 113 cm³/mol. The second-order valence-electron chi connectivity index (χ2n) is 7.30. The molecular formula is C22H26ClN3O2. The van der Waals surface area contributed by atoms with Crippen LogP contribution < -0.4 is 10.3 Å². The first kappa shape index (κ1) is 20.2. The van der Waals surface area contributed by atoms with E-state index >= 15 is 0 Å². The van der Waals surface area contributed by atoms with E-state index in [2.05, 4.69) is 25.9 Å². The molecule has 1 atom stereocenters. The van der Waals surface area contributed by atoms with Gasteiger partial charge in [0.15, 0.2) is 0 Å². The minimum Gasteiger partial charge on any atom is -0.490 e. The average Bonchev–Trinajstić information content (AvgIpc) is 3.13. The number of benzene rings is 1. The summed E-state index contributed by atoms with van der Waals surface area (Å²) < 4.78 is 9.38. The van der Waals surface area contributed by atoms with Gasteiger partial charge in [-0.1, -0.05) is 32.4 Å².